The number of carbonyl (C=O) groups is 1. The molecular formula is C19H22ClN3O2. The van der Waals surface area contributed by atoms with E-state index in [4.69, 9.17) is 11.6 Å². The predicted octanol–water partition coefficient (Wildman–Crippen LogP) is 3.67. The highest BCUT2D eigenvalue weighted by Crippen LogP contribution is 2.22. The summed E-state index contributed by atoms with van der Waals surface area (Å²) in [5, 5.41) is 1.03. The zero-order valence-corrected chi connectivity index (χ0v) is 15.1. The van der Waals surface area contributed by atoms with Crippen LogP contribution in [0.4, 0.5) is 0 Å². The monoisotopic (exact) mass is 359 g/mol. The summed E-state index contributed by atoms with van der Waals surface area (Å²) in [5.74, 6) is 0.921. The minimum atomic E-state index is -0.209. The first-order valence-electron chi connectivity index (χ1n) is 8.69. The minimum Gasteiger partial charge on any atom is -0.335 e. The number of nitrogens with zero attached hydrogens (tertiary/aromatic N) is 2. The van der Waals surface area contributed by atoms with E-state index < -0.39 is 0 Å². The van der Waals surface area contributed by atoms with Gasteiger partial charge in [0.05, 0.1) is 17.4 Å². The topological polar surface area (TPSA) is 66.1 Å². The third-order valence-electron chi connectivity index (χ3n) is 4.45. The van der Waals surface area contributed by atoms with Crippen molar-refractivity contribution >= 4 is 28.4 Å². The maximum absolute atomic E-state index is 12.6. The van der Waals surface area contributed by atoms with Gasteiger partial charge in [0.2, 0.25) is 5.91 Å². The Morgan fingerprint density at radius 1 is 1.44 bits per heavy atom. The summed E-state index contributed by atoms with van der Waals surface area (Å²) in [6, 6.07) is 5.00. The minimum absolute atomic E-state index is 0.104. The Bertz CT molecular complexity index is 859. The van der Waals surface area contributed by atoms with Gasteiger partial charge in [0.15, 0.2) is 0 Å². The first kappa shape index (κ1) is 17.7. The van der Waals surface area contributed by atoms with E-state index in [0.29, 0.717) is 47.2 Å². The normalized spacial score (nSPS) is 16.5. The molecule has 0 bridgehead atoms. The van der Waals surface area contributed by atoms with Gasteiger partial charge >= 0.3 is 0 Å². The van der Waals surface area contributed by atoms with Crippen molar-refractivity contribution in [1.82, 2.24) is 14.9 Å². The second-order valence-corrected chi connectivity index (χ2v) is 6.90. The molecule has 1 heterocycles. The number of hydrogen-bond acceptors (Lipinski definition) is 3. The molecule has 3 rings (SSSR count). The fraction of sp³-hybridized carbons (Fsp3) is 0.421. The van der Waals surface area contributed by atoms with Crippen LogP contribution in [0.3, 0.4) is 0 Å². The van der Waals surface area contributed by atoms with Crippen LogP contribution in [0.15, 0.2) is 35.1 Å². The van der Waals surface area contributed by atoms with Crippen molar-refractivity contribution < 1.29 is 4.79 Å². The van der Waals surface area contributed by atoms with Gasteiger partial charge in [0.1, 0.15) is 5.82 Å². The van der Waals surface area contributed by atoms with Crippen LogP contribution in [0.5, 0.6) is 0 Å². The van der Waals surface area contributed by atoms with Crippen molar-refractivity contribution in [2.24, 2.45) is 5.92 Å². The summed E-state index contributed by atoms with van der Waals surface area (Å²) in [6.45, 7) is 2.99. The number of amides is 1. The smallest absolute Gasteiger partial charge is 0.258 e. The van der Waals surface area contributed by atoms with Gasteiger partial charge in [0.25, 0.3) is 5.56 Å². The maximum atomic E-state index is 12.6. The molecule has 5 nitrogen and oxygen atoms in total. The van der Waals surface area contributed by atoms with Gasteiger partial charge in [-0.3, -0.25) is 9.59 Å². The van der Waals surface area contributed by atoms with Gasteiger partial charge in [0, 0.05) is 18.0 Å². The van der Waals surface area contributed by atoms with Crippen LogP contribution in [0, 0.1) is 5.92 Å². The number of carbonyl (C=O) groups excluding carboxylic acids is 1. The molecule has 0 fully saturated rings. The van der Waals surface area contributed by atoms with Gasteiger partial charge < -0.3 is 9.88 Å². The van der Waals surface area contributed by atoms with Crippen LogP contribution in [0.25, 0.3) is 10.9 Å². The largest absolute Gasteiger partial charge is 0.335 e. The molecule has 132 valence electrons. The average molecular weight is 360 g/mol. The van der Waals surface area contributed by atoms with Crippen LogP contribution < -0.4 is 5.56 Å². The number of aromatic nitrogens is 2. The Balaban J connectivity index is 1.81. The molecule has 0 radical (unpaired) electrons. The van der Waals surface area contributed by atoms with Gasteiger partial charge in [-0.25, -0.2) is 4.98 Å². The van der Waals surface area contributed by atoms with E-state index in [1.54, 1.807) is 23.1 Å². The molecule has 1 N–H and O–H groups in total. The van der Waals surface area contributed by atoms with E-state index >= 15 is 0 Å². The number of hydrogen-bond donors (Lipinski definition) is 1. The highest BCUT2D eigenvalue weighted by molar-refractivity contribution is 6.31. The summed E-state index contributed by atoms with van der Waals surface area (Å²) >= 11 is 6.00. The van der Waals surface area contributed by atoms with E-state index in [-0.39, 0.29) is 11.5 Å². The lowest BCUT2D eigenvalue weighted by Gasteiger charge is -2.23. The quantitative estimate of drug-likeness (QED) is 0.800. The van der Waals surface area contributed by atoms with Crippen LogP contribution in [0.1, 0.15) is 38.4 Å². The van der Waals surface area contributed by atoms with Crippen molar-refractivity contribution in [2.75, 3.05) is 6.54 Å². The number of nitrogens with one attached hydrogen (secondary N) is 1. The summed E-state index contributed by atoms with van der Waals surface area (Å²) in [5.41, 5.74) is 0.341. The Kier molecular flexibility index (Phi) is 5.53. The SMILES string of the molecule is CCCN(Cc1nc2cc(Cl)ccc2c(=O)[nH]1)C(=O)C[C@H]1C=CCC1. The molecule has 1 aromatic heterocycles. The molecule has 0 aliphatic heterocycles. The van der Waals surface area contributed by atoms with Gasteiger partial charge in [-0.1, -0.05) is 30.7 Å². The fourth-order valence-electron chi connectivity index (χ4n) is 3.20. The molecule has 2 aromatic rings. The number of rotatable bonds is 6. The van der Waals surface area contributed by atoms with E-state index in [9.17, 15) is 9.59 Å². The molecule has 25 heavy (non-hydrogen) atoms. The van der Waals surface area contributed by atoms with Gasteiger partial charge in [-0.2, -0.15) is 0 Å². The van der Waals surface area contributed by atoms with Crippen LogP contribution >= 0.6 is 11.6 Å². The highest BCUT2D eigenvalue weighted by atomic mass is 35.5. The molecule has 0 spiro atoms. The molecule has 1 aromatic carbocycles. The Hall–Kier alpha value is -2.14. The number of H-pyrrole nitrogens is 1. The number of benzene rings is 1. The summed E-state index contributed by atoms with van der Waals surface area (Å²) < 4.78 is 0. The fourth-order valence-corrected chi connectivity index (χ4v) is 3.36. The molecule has 0 saturated heterocycles. The van der Waals surface area contributed by atoms with Crippen molar-refractivity contribution in [3.05, 3.63) is 51.6 Å². The first-order chi connectivity index (χ1) is 12.1. The zero-order valence-electron chi connectivity index (χ0n) is 14.3. The maximum Gasteiger partial charge on any atom is 0.258 e. The molecule has 1 amide bonds. The number of fused-ring (bicyclic) bond motifs is 1. The zero-order chi connectivity index (χ0) is 17.8. The lowest BCUT2D eigenvalue weighted by molar-refractivity contribution is -0.132. The van der Waals surface area contributed by atoms with Gasteiger partial charge in [-0.05, 0) is 43.4 Å². The third kappa shape index (κ3) is 4.28. The summed E-state index contributed by atoms with van der Waals surface area (Å²) in [4.78, 5) is 33.9. The predicted molar refractivity (Wildman–Crippen MR) is 99.6 cm³/mol. The number of allylic oxidation sites excluding steroid dienone is 2. The van der Waals surface area contributed by atoms with Gasteiger partial charge in [-0.15, -0.1) is 0 Å². The Morgan fingerprint density at radius 2 is 2.28 bits per heavy atom. The van der Waals surface area contributed by atoms with Crippen molar-refractivity contribution in [3.8, 4) is 0 Å². The second-order valence-electron chi connectivity index (χ2n) is 6.46. The molecule has 0 unspecified atom stereocenters. The van der Waals surface area contributed by atoms with E-state index in [1.807, 2.05) is 6.92 Å². The van der Waals surface area contributed by atoms with Crippen molar-refractivity contribution in [1.29, 1.82) is 0 Å². The molecule has 1 aliphatic carbocycles. The molecule has 6 heteroatoms. The first-order valence-corrected chi connectivity index (χ1v) is 9.07. The molecular weight excluding hydrogens is 338 g/mol. The van der Waals surface area contributed by atoms with Crippen LogP contribution in [-0.4, -0.2) is 27.3 Å². The lowest BCUT2D eigenvalue weighted by Crippen LogP contribution is -2.33. The van der Waals surface area contributed by atoms with Crippen LogP contribution in [-0.2, 0) is 11.3 Å². The average Bonchev–Trinajstić information content (AvgIpc) is 3.07. The standard InChI is InChI=1S/C19H22ClN3O2/c1-2-9-23(18(24)10-13-5-3-4-6-13)12-17-21-16-11-14(20)7-8-15(16)19(25)22-17/h3,5,7-8,11,13H,2,4,6,9-10,12H2,1H3,(H,21,22,25)/t13-/m0/s1. The number of halogens is 1. The summed E-state index contributed by atoms with van der Waals surface area (Å²) in [6.07, 6.45) is 7.71. The van der Waals surface area contributed by atoms with E-state index in [0.717, 1.165) is 19.3 Å². The number of aromatic amines is 1. The third-order valence-corrected chi connectivity index (χ3v) is 4.69. The Morgan fingerprint density at radius 3 is 3.00 bits per heavy atom. The lowest BCUT2D eigenvalue weighted by atomic mass is 10.0. The van der Waals surface area contributed by atoms with E-state index in [2.05, 4.69) is 22.1 Å². The molecule has 1 atom stereocenters. The highest BCUT2D eigenvalue weighted by Gasteiger charge is 2.20. The van der Waals surface area contributed by atoms with Crippen molar-refractivity contribution in [2.45, 2.75) is 39.2 Å². The summed E-state index contributed by atoms with van der Waals surface area (Å²) in [7, 11) is 0. The molecule has 1 aliphatic rings. The van der Waals surface area contributed by atoms with Crippen LogP contribution in [0.2, 0.25) is 5.02 Å². The second kappa shape index (κ2) is 7.83. The molecule has 0 saturated carbocycles. The van der Waals surface area contributed by atoms with E-state index in [1.165, 1.54) is 0 Å². The van der Waals surface area contributed by atoms with Crippen molar-refractivity contribution in [3.63, 3.8) is 0 Å². The Labute approximate surface area is 151 Å².